The van der Waals surface area contributed by atoms with Crippen molar-refractivity contribution in [3.05, 3.63) is 0 Å². The molecule has 1 heterocycles. The highest BCUT2D eigenvalue weighted by atomic mass is 127. The number of methoxy groups -OCH3 is 1. The van der Waals surface area contributed by atoms with Gasteiger partial charge in [0.05, 0.1) is 11.5 Å². The average Bonchev–Trinajstić information content (AvgIpc) is 2.59. The number of aliphatic imine (C=N–C) groups is 1. The minimum atomic E-state index is -4.11. The molecule has 1 saturated heterocycles. The fourth-order valence-corrected chi connectivity index (χ4v) is 3.45. The first-order valence-corrected chi connectivity index (χ1v) is 8.55. The number of halogens is 4. The second-order valence-electron chi connectivity index (χ2n) is 6.67. The number of nitrogens with zero attached hydrogens (tertiary/aromatic N) is 1. The summed E-state index contributed by atoms with van der Waals surface area (Å²) in [7, 11) is 3.31. The van der Waals surface area contributed by atoms with Crippen LogP contribution in [-0.4, -0.2) is 57.7 Å². The van der Waals surface area contributed by atoms with Crippen LogP contribution < -0.4 is 10.6 Å². The third-order valence-electron chi connectivity index (χ3n) is 5.12. The maximum absolute atomic E-state index is 12.9. The molecule has 2 aliphatic rings. The fourth-order valence-electron chi connectivity index (χ4n) is 3.45. The van der Waals surface area contributed by atoms with Crippen LogP contribution in [0.25, 0.3) is 0 Å². The molecule has 1 aliphatic carbocycles. The number of ether oxygens (including phenoxy) is 2. The molecule has 1 saturated carbocycles. The van der Waals surface area contributed by atoms with Gasteiger partial charge in [0.25, 0.3) is 0 Å². The smallest absolute Gasteiger partial charge is 0.381 e. The maximum atomic E-state index is 12.9. The Morgan fingerprint density at radius 2 is 1.96 bits per heavy atom. The van der Waals surface area contributed by atoms with Gasteiger partial charge in [0.1, 0.15) is 0 Å². The Kier molecular flexibility index (Phi) is 9.24. The molecule has 2 fully saturated rings. The van der Waals surface area contributed by atoms with Crippen molar-refractivity contribution in [3.8, 4) is 0 Å². The van der Waals surface area contributed by atoms with Gasteiger partial charge in [-0.25, -0.2) is 0 Å². The van der Waals surface area contributed by atoms with E-state index in [1.54, 1.807) is 14.2 Å². The number of alkyl halides is 3. The lowest BCUT2D eigenvalue weighted by Crippen LogP contribution is -2.53. The predicted octanol–water partition coefficient (Wildman–Crippen LogP) is 3.09. The largest absolute Gasteiger partial charge is 0.391 e. The topological polar surface area (TPSA) is 54.9 Å². The second-order valence-corrected chi connectivity index (χ2v) is 6.67. The van der Waals surface area contributed by atoms with Crippen molar-refractivity contribution in [1.82, 2.24) is 10.6 Å². The highest BCUT2D eigenvalue weighted by Crippen LogP contribution is 2.37. The molecule has 2 N–H and O–H groups in total. The molecular weight excluding hydrogens is 450 g/mol. The van der Waals surface area contributed by atoms with E-state index in [0.717, 1.165) is 19.3 Å². The van der Waals surface area contributed by atoms with Gasteiger partial charge in [0.2, 0.25) is 0 Å². The van der Waals surface area contributed by atoms with Crippen LogP contribution >= 0.6 is 24.0 Å². The van der Waals surface area contributed by atoms with Crippen molar-refractivity contribution < 1.29 is 22.6 Å². The summed E-state index contributed by atoms with van der Waals surface area (Å²) in [4.78, 5) is 4.15. The first kappa shape index (κ1) is 22.8. The highest BCUT2D eigenvalue weighted by Gasteiger charge is 2.42. The van der Waals surface area contributed by atoms with Crippen LogP contribution in [0.4, 0.5) is 13.2 Å². The Hall–Kier alpha value is -0.290. The van der Waals surface area contributed by atoms with E-state index in [-0.39, 0.29) is 48.5 Å². The van der Waals surface area contributed by atoms with E-state index in [1.165, 1.54) is 0 Å². The molecule has 148 valence electrons. The molecule has 9 heteroatoms. The Balaban J connectivity index is 0.00000312. The summed E-state index contributed by atoms with van der Waals surface area (Å²) in [5, 5.41) is 6.35. The van der Waals surface area contributed by atoms with E-state index in [9.17, 15) is 13.2 Å². The van der Waals surface area contributed by atoms with Crippen molar-refractivity contribution in [1.29, 1.82) is 0 Å². The molecule has 0 spiro atoms. The normalized spacial score (nSPS) is 27.3. The lowest BCUT2D eigenvalue weighted by Gasteiger charge is -2.37. The maximum Gasteiger partial charge on any atom is 0.391 e. The van der Waals surface area contributed by atoms with Gasteiger partial charge in [-0.15, -0.1) is 24.0 Å². The number of guanidine groups is 1. The van der Waals surface area contributed by atoms with Crippen molar-refractivity contribution in [2.45, 2.75) is 56.3 Å². The predicted molar refractivity (Wildman–Crippen MR) is 102 cm³/mol. The van der Waals surface area contributed by atoms with Crippen LogP contribution in [0, 0.1) is 5.92 Å². The summed E-state index contributed by atoms with van der Waals surface area (Å²) in [6.45, 7) is 1.86. The minimum absolute atomic E-state index is 0. The summed E-state index contributed by atoms with van der Waals surface area (Å²) in [6.07, 6.45) is -0.900. The molecule has 1 aliphatic heterocycles. The van der Waals surface area contributed by atoms with Gasteiger partial charge in [-0.1, -0.05) is 6.42 Å². The van der Waals surface area contributed by atoms with Crippen LogP contribution in [0.2, 0.25) is 0 Å². The summed E-state index contributed by atoms with van der Waals surface area (Å²) in [6, 6.07) is -0.204. The third-order valence-corrected chi connectivity index (χ3v) is 5.12. The van der Waals surface area contributed by atoms with Gasteiger partial charge in [-0.2, -0.15) is 13.2 Å². The van der Waals surface area contributed by atoms with Crippen LogP contribution in [-0.2, 0) is 9.47 Å². The second kappa shape index (κ2) is 10.1. The van der Waals surface area contributed by atoms with E-state index < -0.39 is 12.1 Å². The van der Waals surface area contributed by atoms with E-state index in [1.807, 2.05) is 0 Å². The standard InChI is InChI=1S/C16H28F3N3O2.HI/c1-20-14(21-11-15(23-2)6-8-24-9-7-15)22-13-5-3-4-12(10-13)16(17,18)19;/h12-13H,3-11H2,1-2H3,(H2,20,21,22);1H. The zero-order valence-corrected chi connectivity index (χ0v) is 17.2. The molecule has 0 bridgehead atoms. The van der Waals surface area contributed by atoms with Crippen LogP contribution in [0.1, 0.15) is 38.5 Å². The molecule has 0 amide bonds. The van der Waals surface area contributed by atoms with Gasteiger partial charge < -0.3 is 20.1 Å². The van der Waals surface area contributed by atoms with Crippen LogP contribution in [0.15, 0.2) is 4.99 Å². The van der Waals surface area contributed by atoms with Crippen LogP contribution in [0.3, 0.4) is 0 Å². The lowest BCUT2D eigenvalue weighted by atomic mass is 9.85. The third kappa shape index (κ3) is 6.74. The average molecular weight is 479 g/mol. The lowest BCUT2D eigenvalue weighted by molar-refractivity contribution is -0.183. The Morgan fingerprint density at radius 3 is 2.52 bits per heavy atom. The molecule has 0 aromatic rings. The quantitative estimate of drug-likeness (QED) is 0.370. The first-order valence-electron chi connectivity index (χ1n) is 8.55. The SMILES string of the molecule is CN=C(NCC1(OC)CCOCC1)NC1CCCC(C(F)(F)F)C1.I. The summed E-state index contributed by atoms with van der Waals surface area (Å²) in [5.74, 6) is -0.687. The minimum Gasteiger partial charge on any atom is -0.381 e. The molecule has 2 atom stereocenters. The Labute approximate surface area is 164 Å². The summed E-state index contributed by atoms with van der Waals surface area (Å²) < 4.78 is 49.8. The van der Waals surface area contributed by atoms with Crippen molar-refractivity contribution in [3.63, 3.8) is 0 Å². The molecule has 2 unspecified atom stereocenters. The molecule has 25 heavy (non-hydrogen) atoms. The number of rotatable bonds is 4. The molecular formula is C16H29F3IN3O2. The molecule has 0 aromatic carbocycles. The summed E-state index contributed by atoms with van der Waals surface area (Å²) in [5.41, 5.74) is -0.309. The zero-order chi connectivity index (χ0) is 17.6. The monoisotopic (exact) mass is 479 g/mol. The first-order chi connectivity index (χ1) is 11.4. The van der Waals surface area contributed by atoms with Gasteiger partial charge in [0.15, 0.2) is 5.96 Å². The molecule has 0 aromatic heterocycles. The van der Waals surface area contributed by atoms with Gasteiger partial charge >= 0.3 is 6.18 Å². The van der Waals surface area contributed by atoms with E-state index in [0.29, 0.717) is 32.1 Å². The zero-order valence-electron chi connectivity index (χ0n) is 14.8. The van der Waals surface area contributed by atoms with Gasteiger partial charge in [0, 0.05) is 52.8 Å². The van der Waals surface area contributed by atoms with Crippen molar-refractivity contribution in [2.75, 3.05) is 33.9 Å². The summed E-state index contributed by atoms with van der Waals surface area (Å²) >= 11 is 0. The van der Waals surface area contributed by atoms with Gasteiger partial charge in [-0.3, -0.25) is 4.99 Å². The van der Waals surface area contributed by atoms with Crippen LogP contribution in [0.5, 0.6) is 0 Å². The highest BCUT2D eigenvalue weighted by molar-refractivity contribution is 14.0. The number of nitrogens with one attached hydrogen (secondary N) is 2. The van der Waals surface area contributed by atoms with Crippen molar-refractivity contribution in [2.24, 2.45) is 10.9 Å². The molecule has 2 rings (SSSR count). The van der Waals surface area contributed by atoms with E-state index >= 15 is 0 Å². The molecule has 0 radical (unpaired) electrons. The Morgan fingerprint density at radius 1 is 1.28 bits per heavy atom. The number of hydrogen-bond donors (Lipinski definition) is 2. The van der Waals surface area contributed by atoms with E-state index in [4.69, 9.17) is 9.47 Å². The van der Waals surface area contributed by atoms with Crippen molar-refractivity contribution >= 4 is 29.9 Å². The fraction of sp³-hybridized carbons (Fsp3) is 0.938. The Bertz CT molecular complexity index is 429. The number of hydrogen-bond acceptors (Lipinski definition) is 3. The van der Waals surface area contributed by atoms with Gasteiger partial charge in [-0.05, 0) is 19.3 Å². The molecule has 5 nitrogen and oxygen atoms in total. The van der Waals surface area contributed by atoms with E-state index in [2.05, 4.69) is 15.6 Å².